The number of aryl methyl sites for hydroxylation is 1. The molecule has 0 aromatic heterocycles. The number of carbonyl (C=O) groups excluding carboxylic acids is 1. The molecule has 1 amide bonds. The first-order valence-electron chi connectivity index (χ1n) is 9.04. The zero-order valence-corrected chi connectivity index (χ0v) is 17.0. The van der Waals surface area contributed by atoms with Gasteiger partial charge in [0.1, 0.15) is 10.6 Å². The van der Waals surface area contributed by atoms with Gasteiger partial charge in [0.25, 0.3) is 0 Å². The molecule has 0 unspecified atom stereocenters. The summed E-state index contributed by atoms with van der Waals surface area (Å²) in [6, 6.07) is 11.9. The Hall–Kier alpha value is -2.34. The average molecular weight is 388 g/mol. The molecule has 0 saturated heterocycles. The van der Waals surface area contributed by atoms with Crippen molar-refractivity contribution in [2.75, 3.05) is 11.4 Å². The molecule has 0 atom stereocenters. The smallest absolute Gasteiger partial charge is 0.339 e. The van der Waals surface area contributed by atoms with Crippen LogP contribution in [0.2, 0.25) is 0 Å². The van der Waals surface area contributed by atoms with Gasteiger partial charge in [-0.2, -0.15) is 8.42 Å². The quantitative estimate of drug-likeness (QED) is 0.746. The van der Waals surface area contributed by atoms with Crippen LogP contribution in [0, 0.1) is 0 Å². The number of amides is 1. The van der Waals surface area contributed by atoms with E-state index in [2.05, 4.69) is 20.8 Å². The van der Waals surface area contributed by atoms with Crippen LogP contribution in [-0.2, 0) is 26.7 Å². The van der Waals surface area contributed by atoms with Gasteiger partial charge in [-0.3, -0.25) is 4.79 Å². The highest BCUT2D eigenvalue weighted by Gasteiger charge is 2.24. The van der Waals surface area contributed by atoms with Gasteiger partial charge in [0.15, 0.2) is 0 Å². The summed E-state index contributed by atoms with van der Waals surface area (Å²) in [6.45, 7) is 8.46. The Balaban J connectivity index is 1.86. The minimum atomic E-state index is -3.94. The van der Waals surface area contributed by atoms with Crippen LogP contribution in [0.15, 0.2) is 47.4 Å². The van der Waals surface area contributed by atoms with Crippen molar-refractivity contribution in [3.05, 3.63) is 53.6 Å². The third kappa shape index (κ3) is 4.16. The lowest BCUT2D eigenvalue weighted by atomic mass is 9.87. The first kappa shape index (κ1) is 19.4. The number of benzene rings is 2. The molecule has 3 rings (SSSR count). The molecule has 144 valence electrons. The molecule has 0 fully saturated rings. The molecule has 0 bridgehead atoms. The van der Waals surface area contributed by atoms with Gasteiger partial charge >= 0.3 is 10.1 Å². The molecule has 0 radical (unpaired) electrons. The molecule has 1 aliphatic heterocycles. The van der Waals surface area contributed by atoms with Crippen molar-refractivity contribution in [1.29, 1.82) is 0 Å². The third-order valence-electron chi connectivity index (χ3n) is 4.76. The fourth-order valence-corrected chi connectivity index (χ4v) is 4.22. The summed E-state index contributed by atoms with van der Waals surface area (Å²) in [5, 5.41) is 0. The Kier molecular flexibility index (Phi) is 5.04. The molecule has 1 heterocycles. The Morgan fingerprint density at radius 2 is 1.74 bits per heavy atom. The van der Waals surface area contributed by atoms with Crippen molar-refractivity contribution < 1.29 is 17.4 Å². The summed E-state index contributed by atoms with van der Waals surface area (Å²) in [6.07, 6.45) is 1.55. The highest BCUT2D eigenvalue weighted by atomic mass is 32.2. The number of hydrogen-bond donors (Lipinski definition) is 0. The summed E-state index contributed by atoms with van der Waals surface area (Å²) in [5.41, 5.74) is 2.72. The summed E-state index contributed by atoms with van der Waals surface area (Å²) in [4.78, 5) is 13.6. The largest absolute Gasteiger partial charge is 0.379 e. The first-order valence-corrected chi connectivity index (χ1v) is 10.4. The number of carbonyl (C=O) groups is 1. The maximum absolute atomic E-state index is 12.7. The van der Waals surface area contributed by atoms with Gasteiger partial charge in [-0.15, -0.1) is 0 Å². The zero-order chi connectivity index (χ0) is 19.8. The van der Waals surface area contributed by atoms with E-state index in [0.29, 0.717) is 6.54 Å². The Bertz CT molecular complexity index is 957. The lowest BCUT2D eigenvalue weighted by Gasteiger charge is -2.28. The van der Waals surface area contributed by atoms with Gasteiger partial charge in [0.05, 0.1) is 0 Å². The predicted octanol–water partition coefficient (Wildman–Crippen LogP) is 4.05. The SMILES string of the molecule is CC(=O)N1CCCc2cc(S(=O)(=O)Oc3ccc(C(C)(C)C)cc3)ccc21. The van der Waals surface area contributed by atoms with Crippen LogP contribution in [0.1, 0.15) is 45.2 Å². The van der Waals surface area contributed by atoms with Crippen LogP contribution in [0.5, 0.6) is 5.75 Å². The van der Waals surface area contributed by atoms with E-state index in [1.54, 1.807) is 29.2 Å². The molecule has 0 N–H and O–H groups in total. The van der Waals surface area contributed by atoms with Crippen LogP contribution < -0.4 is 9.08 Å². The van der Waals surface area contributed by atoms with Gasteiger partial charge < -0.3 is 9.08 Å². The van der Waals surface area contributed by atoms with E-state index in [9.17, 15) is 13.2 Å². The summed E-state index contributed by atoms with van der Waals surface area (Å²) in [7, 11) is -3.94. The Morgan fingerprint density at radius 3 is 2.33 bits per heavy atom. The van der Waals surface area contributed by atoms with Crippen LogP contribution in [0.25, 0.3) is 0 Å². The molecule has 1 aliphatic rings. The molecular weight excluding hydrogens is 362 g/mol. The Morgan fingerprint density at radius 1 is 1.07 bits per heavy atom. The lowest BCUT2D eigenvalue weighted by Crippen LogP contribution is -2.33. The number of fused-ring (bicyclic) bond motifs is 1. The predicted molar refractivity (Wildman–Crippen MR) is 106 cm³/mol. The number of nitrogens with zero attached hydrogens (tertiary/aromatic N) is 1. The van der Waals surface area contributed by atoms with Crippen LogP contribution in [0.3, 0.4) is 0 Å². The second-order valence-electron chi connectivity index (χ2n) is 7.88. The van der Waals surface area contributed by atoms with Gasteiger partial charge in [-0.05, 0) is 59.7 Å². The molecule has 5 nitrogen and oxygen atoms in total. The summed E-state index contributed by atoms with van der Waals surface area (Å²) >= 11 is 0. The van der Waals surface area contributed by atoms with Crippen molar-refractivity contribution >= 4 is 21.7 Å². The van der Waals surface area contributed by atoms with Crippen molar-refractivity contribution in [2.24, 2.45) is 0 Å². The third-order valence-corrected chi connectivity index (χ3v) is 6.01. The molecule has 0 spiro atoms. The van der Waals surface area contributed by atoms with Gasteiger partial charge in [-0.25, -0.2) is 0 Å². The van der Waals surface area contributed by atoms with Crippen molar-refractivity contribution in [2.45, 2.75) is 50.8 Å². The molecule has 2 aromatic carbocycles. The van der Waals surface area contributed by atoms with Crippen molar-refractivity contribution in [3.63, 3.8) is 0 Å². The van der Waals surface area contributed by atoms with E-state index in [4.69, 9.17) is 4.18 Å². The monoisotopic (exact) mass is 387 g/mol. The van der Waals surface area contributed by atoms with Gasteiger partial charge in [0.2, 0.25) is 5.91 Å². The average Bonchev–Trinajstić information content (AvgIpc) is 2.60. The highest BCUT2D eigenvalue weighted by Crippen LogP contribution is 2.31. The van der Waals surface area contributed by atoms with E-state index in [0.717, 1.165) is 29.7 Å². The second kappa shape index (κ2) is 7.00. The van der Waals surface area contributed by atoms with E-state index in [1.807, 2.05) is 12.1 Å². The van der Waals surface area contributed by atoms with Crippen LogP contribution >= 0.6 is 0 Å². The van der Waals surface area contributed by atoms with E-state index >= 15 is 0 Å². The van der Waals surface area contributed by atoms with Crippen LogP contribution in [-0.4, -0.2) is 20.9 Å². The second-order valence-corrected chi connectivity index (χ2v) is 9.42. The van der Waals surface area contributed by atoms with Crippen LogP contribution in [0.4, 0.5) is 5.69 Å². The maximum Gasteiger partial charge on any atom is 0.339 e. The molecule has 0 saturated carbocycles. The normalized spacial score (nSPS) is 14.6. The lowest BCUT2D eigenvalue weighted by molar-refractivity contribution is -0.116. The van der Waals surface area contributed by atoms with Gasteiger partial charge in [-0.1, -0.05) is 32.9 Å². The first-order chi connectivity index (χ1) is 12.6. The minimum absolute atomic E-state index is 0.0154. The minimum Gasteiger partial charge on any atom is -0.379 e. The summed E-state index contributed by atoms with van der Waals surface area (Å²) in [5.74, 6) is 0.243. The fourth-order valence-electron chi connectivity index (χ4n) is 3.24. The zero-order valence-electron chi connectivity index (χ0n) is 16.2. The fraction of sp³-hybridized carbons (Fsp3) is 0.381. The van der Waals surface area contributed by atoms with E-state index in [1.165, 1.54) is 13.0 Å². The summed E-state index contributed by atoms with van der Waals surface area (Å²) < 4.78 is 30.7. The standard InChI is InChI=1S/C21H25NO4S/c1-15(23)22-13-5-6-16-14-19(11-12-20(16)22)27(24,25)26-18-9-7-17(8-10-18)21(2,3)4/h7-12,14H,5-6,13H2,1-4H3. The van der Waals surface area contributed by atoms with E-state index in [-0.39, 0.29) is 22.0 Å². The molecule has 6 heteroatoms. The number of anilines is 1. The molecule has 27 heavy (non-hydrogen) atoms. The van der Waals surface area contributed by atoms with Crippen molar-refractivity contribution in [1.82, 2.24) is 0 Å². The van der Waals surface area contributed by atoms with Crippen molar-refractivity contribution in [3.8, 4) is 5.75 Å². The molecule has 0 aliphatic carbocycles. The number of hydrogen-bond acceptors (Lipinski definition) is 4. The van der Waals surface area contributed by atoms with Gasteiger partial charge in [0, 0.05) is 19.2 Å². The number of rotatable bonds is 3. The Labute approximate surface area is 161 Å². The molecule has 2 aromatic rings. The topological polar surface area (TPSA) is 63.7 Å². The molecular formula is C21H25NO4S. The maximum atomic E-state index is 12.7. The highest BCUT2D eigenvalue weighted by molar-refractivity contribution is 7.87. The van der Waals surface area contributed by atoms with E-state index < -0.39 is 10.1 Å².